The molecular weight excluding hydrogens is 154 g/mol. The van der Waals surface area contributed by atoms with Crippen LogP contribution in [0.5, 0.6) is 0 Å². The summed E-state index contributed by atoms with van der Waals surface area (Å²) >= 11 is 0. The van der Waals surface area contributed by atoms with Gasteiger partial charge in [0, 0.05) is 0 Å². The summed E-state index contributed by atoms with van der Waals surface area (Å²) < 4.78 is 4.64. The number of carbonyl (C=O) groups is 1. The fourth-order valence-corrected chi connectivity index (χ4v) is 0.311. The van der Waals surface area contributed by atoms with E-state index in [2.05, 4.69) is 4.74 Å². The van der Waals surface area contributed by atoms with Crippen LogP contribution in [-0.2, 0) is 9.53 Å². The molecule has 0 aliphatic rings. The van der Waals surface area contributed by atoms with Gasteiger partial charge in [-0.3, -0.25) is 4.79 Å². The van der Waals surface area contributed by atoms with Crippen molar-refractivity contribution in [3.63, 3.8) is 0 Å². The maximum Gasteiger partial charge on any atom is 0.319 e. The van der Waals surface area contributed by atoms with Crippen LogP contribution >= 0.6 is 0 Å². The van der Waals surface area contributed by atoms with Crippen molar-refractivity contribution >= 4 is 5.97 Å². The summed E-state index contributed by atoms with van der Waals surface area (Å²) in [7, 11) is 0. The topological polar surface area (TPSA) is 52.3 Å². The number of carbonyl (C=O) groups excluding carboxylic acids is 1. The Balaban J connectivity index is -0.000000175. The number of esters is 1. The predicted molar refractivity (Wildman–Crippen MR) is 53.0 cm³/mol. The normalized spacial score (nSPS) is 7.33. The summed E-state index contributed by atoms with van der Waals surface area (Å²) in [6, 6.07) is 0. The Morgan fingerprint density at radius 1 is 1.25 bits per heavy atom. The summed E-state index contributed by atoms with van der Waals surface area (Å²) in [5, 5.41) is 0. The summed E-state index contributed by atoms with van der Waals surface area (Å²) in [6.45, 7) is 11.5. The molecule has 0 saturated carbocycles. The first-order valence-electron chi connectivity index (χ1n) is 4.56. The third kappa shape index (κ3) is 22.7. The average Bonchev–Trinajstić information content (AvgIpc) is 2.10. The highest BCUT2D eigenvalue weighted by Crippen LogP contribution is 1.85. The van der Waals surface area contributed by atoms with E-state index in [1.165, 1.54) is 0 Å². The van der Waals surface area contributed by atoms with Gasteiger partial charge in [0.05, 0.1) is 12.6 Å². The molecule has 0 radical (unpaired) electrons. The van der Waals surface area contributed by atoms with E-state index in [0.29, 0.717) is 0 Å². The zero-order chi connectivity index (χ0) is 10.6. The molecular formula is C9H23NO2. The van der Waals surface area contributed by atoms with Crippen molar-refractivity contribution in [2.24, 2.45) is 5.73 Å². The van der Waals surface area contributed by atoms with Crippen LogP contribution in [0.4, 0.5) is 0 Å². The van der Waals surface area contributed by atoms with Crippen molar-refractivity contribution in [1.82, 2.24) is 0 Å². The summed E-state index contributed by atoms with van der Waals surface area (Å²) in [5.41, 5.74) is 4.95. The molecule has 0 spiro atoms. The Hall–Kier alpha value is -0.570. The second kappa shape index (κ2) is 16.8. The van der Waals surface area contributed by atoms with Gasteiger partial charge in [0.1, 0.15) is 0 Å². The van der Waals surface area contributed by atoms with Gasteiger partial charge >= 0.3 is 5.97 Å². The van der Waals surface area contributed by atoms with Crippen LogP contribution in [0.3, 0.4) is 0 Å². The van der Waals surface area contributed by atoms with Gasteiger partial charge in [-0.05, 0) is 13.8 Å². The molecule has 0 aromatic carbocycles. The summed E-state index contributed by atoms with van der Waals surface area (Å²) in [6.07, 6.45) is -0.0500. The van der Waals surface area contributed by atoms with Crippen molar-refractivity contribution in [3.8, 4) is 0 Å². The van der Waals surface area contributed by atoms with Crippen LogP contribution < -0.4 is 5.73 Å². The first kappa shape index (κ1) is 17.5. The molecule has 76 valence electrons. The summed E-state index contributed by atoms with van der Waals surface area (Å²) in [4.78, 5) is 10.3. The van der Waals surface area contributed by atoms with Gasteiger partial charge in [0.2, 0.25) is 0 Å². The standard InChI is InChI=1S/C5H11NO2.2C2H6/c1-4(2)8-5(7)3-6;2*1-2/h4H,3,6H2,1-2H3;2*1-2H3. The maximum absolute atomic E-state index is 10.3. The molecule has 0 unspecified atom stereocenters. The molecule has 0 fully saturated rings. The van der Waals surface area contributed by atoms with Gasteiger partial charge in [-0.1, -0.05) is 27.7 Å². The number of nitrogens with two attached hydrogens (primary N) is 1. The van der Waals surface area contributed by atoms with Gasteiger partial charge < -0.3 is 10.5 Å². The number of rotatable bonds is 2. The highest BCUT2D eigenvalue weighted by atomic mass is 16.5. The van der Waals surface area contributed by atoms with E-state index in [1.54, 1.807) is 13.8 Å². The third-order valence-corrected chi connectivity index (χ3v) is 0.534. The predicted octanol–water partition coefficient (Wildman–Crippen LogP) is 1.95. The second-order valence-corrected chi connectivity index (χ2v) is 1.74. The molecule has 0 saturated heterocycles. The van der Waals surface area contributed by atoms with E-state index >= 15 is 0 Å². The van der Waals surface area contributed by atoms with Gasteiger partial charge in [0.25, 0.3) is 0 Å². The lowest BCUT2D eigenvalue weighted by atomic mass is 10.5. The van der Waals surface area contributed by atoms with E-state index in [9.17, 15) is 4.79 Å². The van der Waals surface area contributed by atoms with Gasteiger partial charge in [-0.2, -0.15) is 0 Å². The monoisotopic (exact) mass is 177 g/mol. The van der Waals surface area contributed by atoms with Crippen molar-refractivity contribution in [3.05, 3.63) is 0 Å². The van der Waals surface area contributed by atoms with E-state index < -0.39 is 0 Å². The Morgan fingerprint density at radius 2 is 1.58 bits per heavy atom. The number of hydrogen-bond acceptors (Lipinski definition) is 3. The largest absolute Gasteiger partial charge is 0.462 e. The number of ether oxygens (including phenoxy) is 1. The Kier molecular flexibility index (Phi) is 24.5. The van der Waals surface area contributed by atoms with Crippen LogP contribution in [0.2, 0.25) is 0 Å². The highest BCUT2D eigenvalue weighted by molar-refractivity contribution is 5.71. The highest BCUT2D eigenvalue weighted by Gasteiger charge is 1.99. The zero-order valence-electron chi connectivity index (χ0n) is 9.18. The molecule has 2 N–H and O–H groups in total. The first-order valence-corrected chi connectivity index (χ1v) is 4.56. The maximum atomic E-state index is 10.3. The van der Waals surface area contributed by atoms with Gasteiger partial charge in [-0.15, -0.1) is 0 Å². The summed E-state index contributed by atoms with van der Waals surface area (Å²) in [5.74, 6) is -0.347. The third-order valence-electron chi connectivity index (χ3n) is 0.534. The van der Waals surface area contributed by atoms with Crippen molar-refractivity contribution in [1.29, 1.82) is 0 Å². The van der Waals surface area contributed by atoms with Crippen LogP contribution in [0.15, 0.2) is 0 Å². The van der Waals surface area contributed by atoms with Crippen LogP contribution in [0, 0.1) is 0 Å². The smallest absolute Gasteiger partial charge is 0.319 e. The SMILES string of the molecule is CC.CC.CC(C)OC(=O)CN. The molecule has 0 atom stereocenters. The Bertz CT molecular complexity index is 82.6. The van der Waals surface area contributed by atoms with E-state index in [-0.39, 0.29) is 18.6 Å². The fraction of sp³-hybridized carbons (Fsp3) is 0.889. The molecule has 0 aliphatic carbocycles. The molecule has 0 aromatic heterocycles. The molecule has 0 amide bonds. The van der Waals surface area contributed by atoms with Gasteiger partial charge in [0.15, 0.2) is 0 Å². The van der Waals surface area contributed by atoms with Crippen molar-refractivity contribution in [2.75, 3.05) is 6.54 Å². The fourth-order valence-electron chi connectivity index (χ4n) is 0.311. The number of hydrogen-bond donors (Lipinski definition) is 1. The minimum absolute atomic E-state index is 0.0296. The van der Waals surface area contributed by atoms with Crippen LogP contribution in [-0.4, -0.2) is 18.6 Å². The molecule has 3 nitrogen and oxygen atoms in total. The van der Waals surface area contributed by atoms with Crippen LogP contribution in [0.25, 0.3) is 0 Å². The lowest BCUT2D eigenvalue weighted by Crippen LogP contribution is -2.20. The molecule has 12 heavy (non-hydrogen) atoms. The van der Waals surface area contributed by atoms with E-state index in [1.807, 2.05) is 27.7 Å². The minimum atomic E-state index is -0.347. The quantitative estimate of drug-likeness (QED) is 0.656. The van der Waals surface area contributed by atoms with Crippen molar-refractivity contribution in [2.45, 2.75) is 47.6 Å². The minimum Gasteiger partial charge on any atom is -0.462 e. The molecule has 3 heteroatoms. The Labute approximate surface area is 76.3 Å². The Morgan fingerprint density at radius 3 is 1.67 bits per heavy atom. The lowest BCUT2D eigenvalue weighted by Gasteiger charge is -2.04. The average molecular weight is 177 g/mol. The van der Waals surface area contributed by atoms with Crippen LogP contribution in [0.1, 0.15) is 41.5 Å². The molecule has 0 aliphatic heterocycles. The van der Waals surface area contributed by atoms with Crippen molar-refractivity contribution < 1.29 is 9.53 Å². The second-order valence-electron chi connectivity index (χ2n) is 1.74. The molecule has 0 rings (SSSR count). The van der Waals surface area contributed by atoms with E-state index in [0.717, 1.165) is 0 Å². The zero-order valence-corrected chi connectivity index (χ0v) is 9.18. The lowest BCUT2D eigenvalue weighted by molar-refractivity contribution is -0.145. The molecule has 0 aromatic rings. The first-order chi connectivity index (χ1) is 5.66. The molecule has 0 bridgehead atoms. The van der Waals surface area contributed by atoms with Gasteiger partial charge in [-0.25, -0.2) is 0 Å². The molecule has 0 heterocycles. The van der Waals surface area contributed by atoms with E-state index in [4.69, 9.17) is 5.73 Å².